The van der Waals surface area contributed by atoms with Crippen LogP contribution in [0.1, 0.15) is 51.3 Å². The molecule has 1 atom stereocenters. The molecule has 0 saturated carbocycles. The summed E-state index contributed by atoms with van der Waals surface area (Å²) in [4.78, 5) is 46.2. The first-order chi connectivity index (χ1) is 16.2. The van der Waals surface area contributed by atoms with Crippen LogP contribution in [0, 0.1) is 10.1 Å². The molecular formula is C21H25N5O8. The third-order valence-corrected chi connectivity index (χ3v) is 4.76. The minimum Gasteiger partial charge on any atom is -0.507 e. The van der Waals surface area contributed by atoms with Gasteiger partial charge in [0, 0.05) is 31.3 Å². The topological polar surface area (TPSA) is 206 Å². The number of carbonyl (C=O) groups is 3. The van der Waals surface area contributed by atoms with E-state index < -0.39 is 34.7 Å². The molecule has 2 rings (SSSR count). The van der Waals surface area contributed by atoms with Crippen LogP contribution in [0.3, 0.4) is 0 Å². The Morgan fingerprint density at radius 3 is 2.44 bits per heavy atom. The SMILES string of the molecule is CC(OC(=O)NCCCNC(=O)c1ccc(C(=O)NO)c(O)c1)c1ccc(CN)cc1[N+](=O)[O-]. The summed E-state index contributed by atoms with van der Waals surface area (Å²) in [7, 11) is 0. The Morgan fingerprint density at radius 2 is 1.82 bits per heavy atom. The molecule has 182 valence electrons. The first kappa shape index (κ1) is 26.0. The number of hydroxylamine groups is 1. The number of nitrogens with two attached hydrogens (primary N) is 1. The molecule has 0 spiro atoms. The molecule has 0 radical (unpaired) electrons. The molecule has 34 heavy (non-hydrogen) atoms. The molecule has 0 heterocycles. The Kier molecular flexibility index (Phi) is 9.28. The fourth-order valence-corrected chi connectivity index (χ4v) is 2.99. The standard InChI is InChI=1S/C21H25N5O8/c1-12(15-5-3-13(11-22)9-17(15)26(32)33)34-21(30)24-8-2-7-23-19(28)14-4-6-16(18(27)10-14)20(29)25-31/h3-6,9-10,12,27,31H,2,7-8,11,22H2,1H3,(H,23,28)(H,24,30)(H,25,29). The number of nitro benzene ring substituents is 1. The predicted octanol–water partition coefficient (Wildman–Crippen LogP) is 1.49. The second kappa shape index (κ2) is 12.1. The largest absolute Gasteiger partial charge is 0.507 e. The van der Waals surface area contributed by atoms with Gasteiger partial charge in [-0.2, -0.15) is 0 Å². The Hall–Kier alpha value is -4.23. The van der Waals surface area contributed by atoms with E-state index in [-0.39, 0.29) is 42.0 Å². The lowest BCUT2D eigenvalue weighted by Gasteiger charge is -2.15. The minimum atomic E-state index is -0.918. The van der Waals surface area contributed by atoms with Crippen LogP contribution in [-0.2, 0) is 11.3 Å². The molecule has 0 saturated heterocycles. The third kappa shape index (κ3) is 6.88. The van der Waals surface area contributed by atoms with Crippen molar-refractivity contribution in [3.63, 3.8) is 0 Å². The molecule has 13 nitrogen and oxygen atoms in total. The van der Waals surface area contributed by atoms with Crippen molar-refractivity contribution in [2.45, 2.75) is 26.0 Å². The molecule has 7 N–H and O–H groups in total. The Labute approximate surface area is 194 Å². The lowest BCUT2D eigenvalue weighted by molar-refractivity contribution is -0.386. The fourth-order valence-electron chi connectivity index (χ4n) is 2.99. The molecule has 1 unspecified atom stereocenters. The maximum atomic E-state index is 12.1. The van der Waals surface area contributed by atoms with Gasteiger partial charge in [-0.25, -0.2) is 10.3 Å². The average molecular weight is 475 g/mol. The number of benzene rings is 2. The molecule has 0 aliphatic rings. The van der Waals surface area contributed by atoms with Crippen molar-refractivity contribution in [1.29, 1.82) is 0 Å². The summed E-state index contributed by atoms with van der Waals surface area (Å²) in [5.41, 5.74) is 7.40. The van der Waals surface area contributed by atoms with Gasteiger partial charge in [0.05, 0.1) is 16.1 Å². The monoisotopic (exact) mass is 475 g/mol. The van der Waals surface area contributed by atoms with Gasteiger partial charge in [-0.05, 0) is 43.2 Å². The van der Waals surface area contributed by atoms with Gasteiger partial charge in [0.25, 0.3) is 17.5 Å². The summed E-state index contributed by atoms with van der Waals surface area (Å²) in [6.45, 7) is 1.98. The summed E-state index contributed by atoms with van der Waals surface area (Å²) < 4.78 is 5.20. The van der Waals surface area contributed by atoms with Gasteiger partial charge in [-0.15, -0.1) is 0 Å². The van der Waals surface area contributed by atoms with E-state index in [2.05, 4.69) is 10.6 Å². The van der Waals surface area contributed by atoms with Gasteiger partial charge in [0.2, 0.25) is 0 Å². The maximum Gasteiger partial charge on any atom is 0.407 e. The Balaban J connectivity index is 1.79. The number of hydrogen-bond acceptors (Lipinski definition) is 9. The number of amides is 3. The second-order valence-electron chi connectivity index (χ2n) is 7.11. The van der Waals surface area contributed by atoms with E-state index in [0.29, 0.717) is 12.0 Å². The molecular weight excluding hydrogens is 450 g/mol. The van der Waals surface area contributed by atoms with Crippen LogP contribution in [0.2, 0.25) is 0 Å². The molecule has 0 aromatic heterocycles. The van der Waals surface area contributed by atoms with Crippen LogP contribution >= 0.6 is 0 Å². The van der Waals surface area contributed by atoms with Gasteiger partial charge in [-0.1, -0.05) is 6.07 Å². The molecule has 0 aliphatic carbocycles. The molecule has 2 aromatic rings. The van der Waals surface area contributed by atoms with E-state index in [9.17, 15) is 29.6 Å². The molecule has 2 aromatic carbocycles. The number of alkyl carbamates (subject to hydrolysis) is 1. The number of nitro groups is 1. The Morgan fingerprint density at radius 1 is 1.12 bits per heavy atom. The van der Waals surface area contributed by atoms with E-state index in [0.717, 1.165) is 6.07 Å². The number of phenols is 1. The zero-order valence-corrected chi connectivity index (χ0v) is 18.2. The lowest BCUT2D eigenvalue weighted by Crippen LogP contribution is -2.30. The number of hydrogen-bond donors (Lipinski definition) is 6. The molecule has 3 amide bonds. The highest BCUT2D eigenvalue weighted by atomic mass is 16.6. The van der Waals surface area contributed by atoms with Gasteiger partial charge < -0.3 is 26.2 Å². The van der Waals surface area contributed by atoms with Crippen LogP contribution in [-0.4, -0.2) is 46.2 Å². The van der Waals surface area contributed by atoms with Gasteiger partial charge in [-0.3, -0.25) is 24.9 Å². The summed E-state index contributed by atoms with van der Waals surface area (Å²) in [6.07, 6.45) is -1.31. The minimum absolute atomic E-state index is 0.0930. The summed E-state index contributed by atoms with van der Waals surface area (Å²) in [5.74, 6) is -1.91. The van der Waals surface area contributed by atoms with Gasteiger partial charge in [0.1, 0.15) is 11.9 Å². The quantitative estimate of drug-likeness (QED) is 0.127. The van der Waals surface area contributed by atoms with Crippen molar-refractivity contribution >= 4 is 23.6 Å². The average Bonchev–Trinajstić information content (AvgIpc) is 2.82. The molecule has 0 bridgehead atoms. The highest BCUT2D eigenvalue weighted by Gasteiger charge is 2.22. The number of carbonyl (C=O) groups excluding carboxylic acids is 3. The fraction of sp³-hybridized carbons (Fsp3) is 0.286. The van der Waals surface area contributed by atoms with Crippen molar-refractivity contribution < 1.29 is 34.4 Å². The first-order valence-electron chi connectivity index (χ1n) is 10.1. The number of nitrogens with zero attached hydrogens (tertiary/aromatic N) is 1. The van der Waals surface area contributed by atoms with Crippen molar-refractivity contribution in [2.75, 3.05) is 13.1 Å². The van der Waals surface area contributed by atoms with Crippen molar-refractivity contribution in [3.8, 4) is 5.75 Å². The smallest absolute Gasteiger partial charge is 0.407 e. The third-order valence-electron chi connectivity index (χ3n) is 4.76. The highest BCUT2D eigenvalue weighted by molar-refractivity contribution is 5.99. The van der Waals surface area contributed by atoms with Crippen LogP contribution in [0.25, 0.3) is 0 Å². The summed E-state index contributed by atoms with van der Waals surface area (Å²) in [5, 5.41) is 34.7. The van der Waals surface area contributed by atoms with Crippen LogP contribution in [0.5, 0.6) is 5.75 Å². The number of rotatable bonds is 10. The van der Waals surface area contributed by atoms with E-state index in [4.69, 9.17) is 15.7 Å². The predicted molar refractivity (Wildman–Crippen MR) is 118 cm³/mol. The summed E-state index contributed by atoms with van der Waals surface area (Å²) in [6, 6.07) is 8.02. The van der Waals surface area contributed by atoms with Gasteiger partial charge >= 0.3 is 6.09 Å². The molecule has 13 heteroatoms. The van der Waals surface area contributed by atoms with Crippen LogP contribution < -0.4 is 21.8 Å². The van der Waals surface area contributed by atoms with Crippen LogP contribution in [0.15, 0.2) is 36.4 Å². The number of ether oxygens (including phenoxy) is 1. The van der Waals surface area contributed by atoms with Crippen LogP contribution in [0.4, 0.5) is 10.5 Å². The van der Waals surface area contributed by atoms with E-state index >= 15 is 0 Å². The van der Waals surface area contributed by atoms with Crippen molar-refractivity contribution in [3.05, 3.63) is 68.8 Å². The maximum absolute atomic E-state index is 12.1. The van der Waals surface area contributed by atoms with E-state index in [1.165, 1.54) is 36.7 Å². The van der Waals surface area contributed by atoms with E-state index in [1.807, 2.05) is 0 Å². The van der Waals surface area contributed by atoms with Gasteiger partial charge in [0.15, 0.2) is 0 Å². The summed E-state index contributed by atoms with van der Waals surface area (Å²) >= 11 is 0. The zero-order chi connectivity index (χ0) is 25.3. The number of phenolic OH excluding ortho intramolecular Hbond substituents is 1. The lowest BCUT2D eigenvalue weighted by atomic mass is 10.1. The zero-order valence-electron chi connectivity index (χ0n) is 18.2. The van der Waals surface area contributed by atoms with Crippen molar-refractivity contribution in [1.82, 2.24) is 16.1 Å². The normalized spacial score (nSPS) is 11.3. The van der Waals surface area contributed by atoms with E-state index in [1.54, 1.807) is 6.07 Å². The number of aromatic hydroxyl groups is 1. The van der Waals surface area contributed by atoms with Crippen molar-refractivity contribution in [2.24, 2.45) is 5.73 Å². The second-order valence-corrected chi connectivity index (χ2v) is 7.11. The first-order valence-corrected chi connectivity index (χ1v) is 10.1. The molecule has 0 fully saturated rings. The Bertz CT molecular complexity index is 1080. The number of nitrogens with one attached hydrogen (secondary N) is 3. The highest BCUT2D eigenvalue weighted by Crippen LogP contribution is 2.28. The molecule has 0 aliphatic heterocycles.